The van der Waals surface area contributed by atoms with Crippen LogP contribution in [0.5, 0.6) is 0 Å². The molecule has 0 radical (unpaired) electrons. The molecule has 1 spiro atoms. The fourth-order valence-electron chi connectivity index (χ4n) is 4.91. The summed E-state index contributed by atoms with van der Waals surface area (Å²) >= 11 is 0. The number of carbonyl (C=O) groups excluding carboxylic acids is 1. The van der Waals surface area contributed by atoms with Crippen molar-refractivity contribution in [2.24, 2.45) is 0 Å². The van der Waals surface area contributed by atoms with Gasteiger partial charge in [0.15, 0.2) is 0 Å². The molecule has 2 aliphatic heterocycles. The van der Waals surface area contributed by atoms with Crippen LogP contribution >= 0.6 is 0 Å². The van der Waals surface area contributed by atoms with Gasteiger partial charge < -0.3 is 9.80 Å². The van der Waals surface area contributed by atoms with Crippen LogP contribution in [-0.2, 0) is 23.2 Å². The number of pyridine rings is 1. The van der Waals surface area contributed by atoms with E-state index in [9.17, 15) is 4.79 Å². The molecular weight excluding hydrogens is 348 g/mol. The summed E-state index contributed by atoms with van der Waals surface area (Å²) in [7, 11) is 0. The first-order valence-corrected chi connectivity index (χ1v) is 10.1. The highest BCUT2D eigenvalue weighted by Gasteiger charge is 2.45. The molecule has 1 aromatic heterocycles. The van der Waals surface area contributed by atoms with Gasteiger partial charge in [0.05, 0.1) is 5.54 Å². The third-order valence-corrected chi connectivity index (χ3v) is 6.36. The van der Waals surface area contributed by atoms with Crippen molar-refractivity contribution in [2.75, 3.05) is 26.2 Å². The van der Waals surface area contributed by atoms with E-state index in [-0.39, 0.29) is 11.4 Å². The first-order valence-electron chi connectivity index (χ1n) is 10.1. The fourth-order valence-corrected chi connectivity index (χ4v) is 4.91. The number of fused-ring (bicyclic) bond motifs is 2. The highest BCUT2D eigenvalue weighted by atomic mass is 16.2. The van der Waals surface area contributed by atoms with Crippen LogP contribution in [0, 0.1) is 11.3 Å². The molecule has 1 aromatic carbocycles. The molecule has 3 heterocycles. The van der Waals surface area contributed by atoms with Crippen molar-refractivity contribution >= 4 is 5.91 Å². The summed E-state index contributed by atoms with van der Waals surface area (Å²) in [5.41, 5.74) is 4.23. The number of benzene rings is 1. The Balaban J connectivity index is 1.47. The number of likely N-dealkylation sites (tertiary alicyclic amines) is 1. The van der Waals surface area contributed by atoms with Crippen molar-refractivity contribution in [3.05, 3.63) is 65.0 Å². The molecule has 0 N–H and O–H groups in total. The van der Waals surface area contributed by atoms with E-state index in [0.717, 1.165) is 57.4 Å². The van der Waals surface area contributed by atoms with Crippen LogP contribution < -0.4 is 0 Å². The number of hydrogen-bond acceptors (Lipinski definition) is 4. The average Bonchev–Trinajstić information content (AvgIpc) is 2.73. The van der Waals surface area contributed by atoms with Gasteiger partial charge in [-0.1, -0.05) is 24.3 Å². The maximum atomic E-state index is 12.4. The van der Waals surface area contributed by atoms with Crippen LogP contribution in [0.3, 0.4) is 0 Å². The molecule has 0 saturated carbocycles. The first-order chi connectivity index (χ1) is 13.6. The van der Waals surface area contributed by atoms with Crippen LogP contribution in [0.2, 0.25) is 0 Å². The number of hydrogen-bond donors (Lipinski definition) is 0. The smallest absolute Gasteiger partial charge is 0.220 e. The Bertz CT molecular complexity index is 909. The maximum absolute atomic E-state index is 12.4. The van der Waals surface area contributed by atoms with E-state index in [1.165, 1.54) is 11.1 Å². The molecule has 0 aliphatic carbocycles. The zero-order valence-corrected chi connectivity index (χ0v) is 16.4. The summed E-state index contributed by atoms with van der Waals surface area (Å²) < 4.78 is 0. The van der Waals surface area contributed by atoms with E-state index in [1.807, 2.05) is 12.1 Å². The lowest BCUT2D eigenvalue weighted by Crippen LogP contribution is -2.57. The number of aromatic nitrogens is 1. The molecule has 1 amide bonds. The minimum absolute atomic E-state index is 0.151. The predicted octanol–water partition coefficient (Wildman–Crippen LogP) is 2.89. The fraction of sp³-hybridized carbons (Fsp3) is 0.435. The SMILES string of the molecule is CC(=O)N1CCc2ccccc2C12CCN(CCc1ccnc(C#N)c1)CC2. The van der Waals surface area contributed by atoms with Crippen LogP contribution in [0.25, 0.3) is 0 Å². The number of amides is 1. The Kier molecular flexibility index (Phi) is 5.15. The summed E-state index contributed by atoms with van der Waals surface area (Å²) in [6, 6.07) is 14.6. The Morgan fingerprint density at radius 3 is 2.75 bits per heavy atom. The summed E-state index contributed by atoms with van der Waals surface area (Å²) in [6.45, 7) is 5.45. The van der Waals surface area contributed by atoms with Gasteiger partial charge in [0, 0.05) is 39.3 Å². The second kappa shape index (κ2) is 7.73. The highest BCUT2D eigenvalue weighted by Crippen LogP contribution is 2.43. The van der Waals surface area contributed by atoms with Crippen molar-refractivity contribution in [3.63, 3.8) is 0 Å². The summed E-state index contributed by atoms with van der Waals surface area (Å²) in [6.07, 6.45) is 5.53. The Morgan fingerprint density at radius 1 is 1.21 bits per heavy atom. The van der Waals surface area contributed by atoms with Gasteiger partial charge in [-0.05, 0) is 54.5 Å². The summed E-state index contributed by atoms with van der Waals surface area (Å²) in [5.74, 6) is 0.184. The minimum atomic E-state index is -0.151. The lowest BCUT2D eigenvalue weighted by Gasteiger charge is -2.52. The van der Waals surface area contributed by atoms with Gasteiger partial charge in [0.1, 0.15) is 11.8 Å². The van der Waals surface area contributed by atoms with Crippen LogP contribution in [0.4, 0.5) is 0 Å². The zero-order chi connectivity index (χ0) is 19.6. The van der Waals surface area contributed by atoms with E-state index in [1.54, 1.807) is 13.1 Å². The molecule has 1 fully saturated rings. The third kappa shape index (κ3) is 3.41. The van der Waals surface area contributed by atoms with E-state index in [2.05, 4.69) is 45.1 Å². The van der Waals surface area contributed by atoms with Crippen molar-refractivity contribution in [1.29, 1.82) is 5.26 Å². The standard InChI is InChI=1S/C23H26N4O/c1-18(28)27-13-8-20-4-2-3-5-22(20)23(27)9-14-26(15-10-23)12-7-19-6-11-25-21(16-19)17-24/h2-6,11,16H,7-10,12-15H2,1H3. The van der Waals surface area contributed by atoms with Crippen LogP contribution in [0.15, 0.2) is 42.6 Å². The highest BCUT2D eigenvalue weighted by molar-refractivity contribution is 5.75. The molecule has 28 heavy (non-hydrogen) atoms. The van der Waals surface area contributed by atoms with Crippen molar-refractivity contribution in [2.45, 2.75) is 38.1 Å². The molecule has 1 saturated heterocycles. The third-order valence-electron chi connectivity index (χ3n) is 6.36. The molecular formula is C23H26N4O. The second-order valence-electron chi connectivity index (χ2n) is 7.86. The monoisotopic (exact) mass is 374 g/mol. The topological polar surface area (TPSA) is 60.2 Å². The number of rotatable bonds is 3. The van der Waals surface area contributed by atoms with Crippen molar-refractivity contribution < 1.29 is 4.79 Å². The second-order valence-corrected chi connectivity index (χ2v) is 7.86. The van der Waals surface area contributed by atoms with Crippen LogP contribution in [-0.4, -0.2) is 46.9 Å². The van der Waals surface area contributed by atoms with Gasteiger partial charge in [0.25, 0.3) is 0 Å². The normalized spacial score (nSPS) is 18.5. The lowest BCUT2D eigenvalue weighted by molar-refractivity contribution is -0.139. The Labute approximate surface area is 166 Å². The lowest BCUT2D eigenvalue weighted by atomic mass is 9.74. The van der Waals surface area contributed by atoms with E-state index < -0.39 is 0 Å². The summed E-state index contributed by atoms with van der Waals surface area (Å²) in [4.78, 5) is 21.1. The first kappa shape index (κ1) is 18.6. The van der Waals surface area contributed by atoms with Gasteiger partial charge in [-0.25, -0.2) is 4.98 Å². The van der Waals surface area contributed by atoms with Crippen molar-refractivity contribution in [3.8, 4) is 6.07 Å². The largest absolute Gasteiger partial charge is 0.333 e. The number of carbonyl (C=O) groups is 1. The van der Waals surface area contributed by atoms with Gasteiger partial charge >= 0.3 is 0 Å². The number of piperidine rings is 1. The number of nitriles is 1. The maximum Gasteiger partial charge on any atom is 0.220 e. The predicted molar refractivity (Wildman–Crippen MR) is 108 cm³/mol. The van der Waals surface area contributed by atoms with E-state index >= 15 is 0 Å². The molecule has 5 nitrogen and oxygen atoms in total. The Hall–Kier alpha value is -2.71. The number of nitrogens with zero attached hydrogens (tertiary/aromatic N) is 4. The van der Waals surface area contributed by atoms with Gasteiger partial charge in [-0.15, -0.1) is 0 Å². The quantitative estimate of drug-likeness (QED) is 0.829. The van der Waals surface area contributed by atoms with Gasteiger partial charge in [0.2, 0.25) is 5.91 Å². The van der Waals surface area contributed by atoms with Crippen LogP contribution in [0.1, 0.15) is 42.1 Å². The Morgan fingerprint density at radius 2 is 2.00 bits per heavy atom. The molecule has 2 aliphatic rings. The molecule has 144 valence electrons. The molecule has 4 rings (SSSR count). The van der Waals surface area contributed by atoms with E-state index in [4.69, 9.17) is 5.26 Å². The molecule has 2 aromatic rings. The molecule has 5 heteroatoms. The van der Waals surface area contributed by atoms with Gasteiger partial charge in [-0.2, -0.15) is 5.26 Å². The zero-order valence-electron chi connectivity index (χ0n) is 16.4. The minimum Gasteiger partial charge on any atom is -0.333 e. The van der Waals surface area contributed by atoms with Crippen molar-refractivity contribution in [1.82, 2.24) is 14.8 Å². The van der Waals surface area contributed by atoms with E-state index in [0.29, 0.717) is 5.69 Å². The summed E-state index contributed by atoms with van der Waals surface area (Å²) in [5, 5.41) is 9.01. The molecule has 0 bridgehead atoms. The molecule has 0 atom stereocenters. The average molecular weight is 374 g/mol. The molecule has 0 unspecified atom stereocenters. The van der Waals surface area contributed by atoms with Gasteiger partial charge in [-0.3, -0.25) is 4.79 Å².